The van der Waals surface area contributed by atoms with Crippen LogP contribution < -0.4 is 15.4 Å². The van der Waals surface area contributed by atoms with Gasteiger partial charge in [0.1, 0.15) is 5.75 Å². The van der Waals surface area contributed by atoms with Crippen LogP contribution in [0.25, 0.3) is 11.4 Å². The SMILES string of the molecule is CN1CCN(c2ccc(Oc3ncc4c(n3)-c3c(c(C(N)=O)nn3C)CC4)cc2)CC1. The van der Waals surface area contributed by atoms with Gasteiger partial charge in [-0.1, -0.05) is 0 Å². The largest absolute Gasteiger partial charge is 0.424 e. The Balaban J connectivity index is 1.38. The number of primary amides is 1. The smallest absolute Gasteiger partial charge is 0.322 e. The molecule has 1 amide bonds. The van der Waals surface area contributed by atoms with Crippen LogP contribution in [0.2, 0.25) is 0 Å². The fraction of sp³-hybridized carbons (Fsp3) is 0.364. The number of hydrogen-bond acceptors (Lipinski definition) is 7. The second kappa shape index (κ2) is 7.66. The van der Waals surface area contributed by atoms with Gasteiger partial charge in [-0.3, -0.25) is 9.48 Å². The van der Waals surface area contributed by atoms with Crippen LogP contribution in [0.1, 0.15) is 21.6 Å². The zero-order valence-corrected chi connectivity index (χ0v) is 17.7. The lowest BCUT2D eigenvalue weighted by atomic mass is 9.93. The Morgan fingerprint density at radius 2 is 1.81 bits per heavy atom. The Hall–Kier alpha value is -3.46. The van der Waals surface area contributed by atoms with Crippen LogP contribution in [0.3, 0.4) is 0 Å². The minimum atomic E-state index is -0.522. The first kappa shape index (κ1) is 19.5. The lowest BCUT2D eigenvalue weighted by molar-refractivity contribution is 0.0994. The molecule has 0 atom stereocenters. The molecule has 3 aromatic rings. The summed E-state index contributed by atoms with van der Waals surface area (Å²) in [6.07, 6.45) is 3.20. The number of carbonyl (C=O) groups is 1. The number of aromatic nitrogens is 4. The monoisotopic (exact) mass is 419 g/mol. The number of fused-ring (bicyclic) bond motifs is 3. The van der Waals surface area contributed by atoms with Crippen molar-refractivity contribution in [3.05, 3.63) is 47.3 Å². The van der Waals surface area contributed by atoms with E-state index in [1.54, 1.807) is 17.9 Å². The minimum absolute atomic E-state index is 0.265. The summed E-state index contributed by atoms with van der Waals surface area (Å²) in [5.74, 6) is 0.156. The fourth-order valence-corrected chi connectivity index (χ4v) is 4.28. The molecule has 1 aromatic carbocycles. The van der Waals surface area contributed by atoms with E-state index in [4.69, 9.17) is 10.5 Å². The summed E-state index contributed by atoms with van der Waals surface area (Å²) in [5, 5.41) is 4.30. The highest BCUT2D eigenvalue weighted by Crippen LogP contribution is 2.34. The number of likely N-dealkylation sites (N-methyl/N-ethyl adjacent to an activating group) is 1. The number of hydrogen-bond donors (Lipinski definition) is 1. The third-order valence-corrected chi connectivity index (χ3v) is 6.00. The molecule has 2 N–H and O–H groups in total. The molecule has 2 aromatic heterocycles. The molecule has 1 aliphatic carbocycles. The van der Waals surface area contributed by atoms with Crippen molar-refractivity contribution in [3.8, 4) is 23.1 Å². The van der Waals surface area contributed by atoms with Gasteiger partial charge in [-0.25, -0.2) is 4.98 Å². The Morgan fingerprint density at radius 3 is 2.52 bits per heavy atom. The quantitative estimate of drug-likeness (QED) is 0.685. The Kier molecular flexibility index (Phi) is 4.82. The average molecular weight is 419 g/mol. The highest BCUT2D eigenvalue weighted by Gasteiger charge is 2.28. The van der Waals surface area contributed by atoms with Crippen LogP contribution in [0.4, 0.5) is 5.69 Å². The number of rotatable bonds is 4. The maximum absolute atomic E-state index is 11.7. The van der Waals surface area contributed by atoms with Crippen molar-refractivity contribution in [2.75, 3.05) is 38.1 Å². The van der Waals surface area contributed by atoms with Crippen LogP contribution in [0, 0.1) is 0 Å². The number of nitrogens with two attached hydrogens (primary N) is 1. The predicted molar refractivity (Wildman–Crippen MR) is 116 cm³/mol. The number of amides is 1. The molecule has 31 heavy (non-hydrogen) atoms. The molecule has 0 spiro atoms. The van der Waals surface area contributed by atoms with E-state index in [0.717, 1.165) is 55.1 Å². The van der Waals surface area contributed by atoms with E-state index >= 15 is 0 Å². The number of aryl methyl sites for hydroxylation is 2. The molecule has 1 aliphatic heterocycles. The standard InChI is InChI=1S/C22H25N7O2/c1-27-9-11-29(12-10-27)15-4-6-16(7-5-15)31-22-24-13-14-3-8-17-19(21(23)30)26-28(2)20(17)18(14)25-22/h4-7,13H,3,8-12H2,1-2H3,(H2,23,30). The Bertz CT molecular complexity index is 1130. The van der Waals surface area contributed by atoms with Gasteiger partial charge in [0.15, 0.2) is 5.69 Å². The van der Waals surface area contributed by atoms with Crippen molar-refractivity contribution >= 4 is 11.6 Å². The molecule has 160 valence electrons. The lowest BCUT2D eigenvalue weighted by Gasteiger charge is -2.34. The van der Waals surface area contributed by atoms with Gasteiger partial charge >= 0.3 is 6.01 Å². The summed E-state index contributed by atoms with van der Waals surface area (Å²) in [7, 11) is 3.94. The lowest BCUT2D eigenvalue weighted by Crippen LogP contribution is -2.44. The van der Waals surface area contributed by atoms with E-state index in [1.165, 1.54) is 5.69 Å². The van der Waals surface area contributed by atoms with Crippen molar-refractivity contribution in [3.63, 3.8) is 0 Å². The third-order valence-electron chi connectivity index (χ3n) is 6.00. The molecule has 3 heterocycles. The van der Waals surface area contributed by atoms with Gasteiger partial charge in [-0.15, -0.1) is 0 Å². The van der Waals surface area contributed by atoms with E-state index in [9.17, 15) is 4.79 Å². The summed E-state index contributed by atoms with van der Waals surface area (Å²) in [5.41, 5.74) is 10.4. The van der Waals surface area contributed by atoms with Gasteiger partial charge < -0.3 is 20.3 Å². The summed E-state index contributed by atoms with van der Waals surface area (Å²) < 4.78 is 7.60. The van der Waals surface area contributed by atoms with Crippen LogP contribution in [0.5, 0.6) is 11.8 Å². The summed E-state index contributed by atoms with van der Waals surface area (Å²) in [6, 6.07) is 8.28. The molecule has 1 saturated heterocycles. The van der Waals surface area contributed by atoms with Crippen molar-refractivity contribution in [1.29, 1.82) is 0 Å². The third kappa shape index (κ3) is 3.61. The van der Waals surface area contributed by atoms with Crippen LogP contribution in [-0.2, 0) is 19.9 Å². The van der Waals surface area contributed by atoms with E-state index in [0.29, 0.717) is 17.9 Å². The molecule has 0 unspecified atom stereocenters. The first-order chi connectivity index (χ1) is 15.0. The molecule has 5 rings (SSSR count). The maximum Gasteiger partial charge on any atom is 0.322 e. The summed E-state index contributed by atoms with van der Waals surface area (Å²) in [6.45, 7) is 4.17. The van der Waals surface area contributed by atoms with E-state index in [2.05, 4.69) is 44.0 Å². The second-order valence-corrected chi connectivity index (χ2v) is 8.08. The van der Waals surface area contributed by atoms with E-state index in [1.807, 2.05) is 12.1 Å². The number of anilines is 1. The highest BCUT2D eigenvalue weighted by molar-refractivity contribution is 5.94. The first-order valence-corrected chi connectivity index (χ1v) is 10.4. The molecular weight excluding hydrogens is 394 g/mol. The Labute approximate surface area is 180 Å². The number of nitrogens with zero attached hydrogens (tertiary/aromatic N) is 6. The molecule has 1 fully saturated rings. The maximum atomic E-state index is 11.7. The zero-order valence-electron chi connectivity index (χ0n) is 17.7. The second-order valence-electron chi connectivity index (χ2n) is 8.08. The van der Waals surface area contributed by atoms with Gasteiger partial charge in [-0.2, -0.15) is 10.1 Å². The molecule has 2 aliphatic rings. The van der Waals surface area contributed by atoms with Gasteiger partial charge in [0, 0.05) is 50.7 Å². The van der Waals surface area contributed by atoms with Crippen molar-refractivity contribution < 1.29 is 9.53 Å². The molecule has 9 heteroatoms. The molecule has 0 radical (unpaired) electrons. The fourth-order valence-electron chi connectivity index (χ4n) is 4.28. The van der Waals surface area contributed by atoms with Gasteiger partial charge in [-0.05, 0) is 49.7 Å². The first-order valence-electron chi connectivity index (χ1n) is 10.4. The number of ether oxygens (including phenoxy) is 1. The average Bonchev–Trinajstić information content (AvgIpc) is 3.12. The van der Waals surface area contributed by atoms with Crippen molar-refractivity contribution in [1.82, 2.24) is 24.6 Å². The summed E-state index contributed by atoms with van der Waals surface area (Å²) in [4.78, 5) is 25.5. The molecular formula is C22H25N7O2. The van der Waals surface area contributed by atoms with E-state index in [-0.39, 0.29) is 6.01 Å². The van der Waals surface area contributed by atoms with Crippen LogP contribution >= 0.6 is 0 Å². The number of carbonyl (C=O) groups excluding carboxylic acids is 1. The minimum Gasteiger partial charge on any atom is -0.424 e. The topological polar surface area (TPSA) is 102 Å². The number of piperazine rings is 1. The van der Waals surface area contributed by atoms with Crippen LogP contribution in [-0.4, -0.2) is 63.8 Å². The van der Waals surface area contributed by atoms with Gasteiger partial charge in [0.05, 0.1) is 11.4 Å². The van der Waals surface area contributed by atoms with Crippen molar-refractivity contribution in [2.45, 2.75) is 12.8 Å². The zero-order chi connectivity index (χ0) is 21.5. The molecule has 0 bridgehead atoms. The van der Waals surface area contributed by atoms with Gasteiger partial charge in [0.25, 0.3) is 5.91 Å². The number of benzene rings is 1. The Morgan fingerprint density at radius 1 is 1.06 bits per heavy atom. The normalized spacial score (nSPS) is 16.0. The van der Waals surface area contributed by atoms with Crippen LogP contribution in [0.15, 0.2) is 30.5 Å². The highest BCUT2D eigenvalue weighted by atomic mass is 16.5. The predicted octanol–water partition coefficient (Wildman–Crippen LogP) is 1.62. The van der Waals surface area contributed by atoms with Crippen molar-refractivity contribution in [2.24, 2.45) is 12.8 Å². The van der Waals surface area contributed by atoms with Gasteiger partial charge in [0.2, 0.25) is 0 Å². The molecule has 9 nitrogen and oxygen atoms in total. The molecule has 0 saturated carbocycles. The van der Waals surface area contributed by atoms with E-state index < -0.39 is 5.91 Å². The summed E-state index contributed by atoms with van der Waals surface area (Å²) >= 11 is 0.